The van der Waals surface area contributed by atoms with Crippen molar-refractivity contribution in [3.05, 3.63) is 76.1 Å². The largest absolute Gasteiger partial charge is 0.504 e. The Labute approximate surface area is 205 Å². The van der Waals surface area contributed by atoms with E-state index in [1.165, 1.54) is 6.07 Å². The van der Waals surface area contributed by atoms with E-state index >= 15 is 0 Å². The molecule has 0 spiro atoms. The number of rotatable bonds is 7. The highest BCUT2D eigenvalue weighted by atomic mass is 16.5. The average Bonchev–Trinajstić information content (AvgIpc) is 2.84. The van der Waals surface area contributed by atoms with Crippen LogP contribution >= 0.6 is 0 Å². The van der Waals surface area contributed by atoms with Crippen molar-refractivity contribution >= 4 is 11.8 Å². The third-order valence-corrected chi connectivity index (χ3v) is 6.53. The molecule has 2 N–H and O–H groups in total. The monoisotopic (exact) mass is 477 g/mol. The molecule has 2 atom stereocenters. The summed E-state index contributed by atoms with van der Waals surface area (Å²) in [6, 6.07) is 12.7. The number of hydrogen-bond donors (Lipinski definition) is 2. The van der Waals surface area contributed by atoms with Crippen LogP contribution in [0.3, 0.4) is 0 Å². The van der Waals surface area contributed by atoms with Crippen molar-refractivity contribution < 1.29 is 28.9 Å². The number of phenols is 1. The lowest BCUT2D eigenvalue weighted by atomic mass is 9.71. The average molecular weight is 478 g/mol. The van der Waals surface area contributed by atoms with E-state index < -0.39 is 11.9 Å². The summed E-state index contributed by atoms with van der Waals surface area (Å²) >= 11 is 0. The van der Waals surface area contributed by atoms with Gasteiger partial charge in [0.25, 0.3) is 0 Å². The minimum atomic E-state index is -0.616. The first-order valence-electron chi connectivity index (χ1n) is 11.9. The molecule has 0 unspecified atom stereocenters. The fourth-order valence-electron chi connectivity index (χ4n) is 4.94. The number of ether oxygens (including phenoxy) is 3. The van der Waals surface area contributed by atoms with Crippen LogP contribution in [0.1, 0.15) is 56.6 Å². The zero-order valence-electron chi connectivity index (χ0n) is 20.5. The summed E-state index contributed by atoms with van der Waals surface area (Å²) in [5, 5.41) is 13.6. The number of carbonyl (C=O) groups excluding carboxylic acids is 2. The highest BCUT2D eigenvalue weighted by molar-refractivity contribution is 6.04. The quantitative estimate of drug-likeness (QED) is 0.557. The van der Waals surface area contributed by atoms with Gasteiger partial charge in [0.15, 0.2) is 17.3 Å². The number of methoxy groups -OCH3 is 1. The van der Waals surface area contributed by atoms with E-state index in [0.717, 1.165) is 17.0 Å². The molecule has 1 aliphatic heterocycles. The number of dihydropyridines is 1. The molecule has 2 aromatic carbocycles. The lowest BCUT2D eigenvalue weighted by Crippen LogP contribution is -2.36. The fraction of sp³-hybridized carbons (Fsp3) is 0.357. The smallest absolute Gasteiger partial charge is 0.336 e. The molecular weight excluding hydrogens is 446 g/mol. The standard InChI is InChI=1S/C28H31NO6/c1-5-34-24-15-18(9-12-22(24)30)26-25(28(32)35-6-2)16(3)29-21-13-19(14-23(31)27(21)26)17-7-10-20(33-4)11-8-17/h7-12,15,19,26,29-30H,5-6,13-14H2,1-4H3/t19-,26-/m1/s1. The fourth-order valence-corrected chi connectivity index (χ4v) is 4.94. The van der Waals surface area contributed by atoms with Crippen LogP contribution in [-0.4, -0.2) is 37.2 Å². The molecule has 4 rings (SSSR count). The number of phenolic OH excluding ortho intramolecular Hbond substituents is 1. The van der Waals surface area contributed by atoms with Crippen molar-refractivity contribution in [3.8, 4) is 17.2 Å². The Kier molecular flexibility index (Phi) is 7.15. The van der Waals surface area contributed by atoms with Gasteiger partial charge in [-0.3, -0.25) is 4.79 Å². The van der Waals surface area contributed by atoms with Crippen LogP contribution in [0.2, 0.25) is 0 Å². The Morgan fingerprint density at radius 2 is 1.77 bits per heavy atom. The van der Waals surface area contributed by atoms with Crippen molar-refractivity contribution in [2.24, 2.45) is 0 Å². The summed E-state index contributed by atoms with van der Waals surface area (Å²) in [6.07, 6.45) is 0.961. The highest BCUT2D eigenvalue weighted by Gasteiger charge is 2.41. The Morgan fingerprint density at radius 1 is 1.06 bits per heavy atom. The lowest BCUT2D eigenvalue weighted by molar-refractivity contribution is -0.138. The van der Waals surface area contributed by atoms with E-state index in [9.17, 15) is 14.7 Å². The number of allylic oxidation sites excluding steroid dienone is 3. The molecular formula is C28H31NO6. The van der Waals surface area contributed by atoms with Gasteiger partial charge in [-0.25, -0.2) is 4.79 Å². The molecule has 35 heavy (non-hydrogen) atoms. The predicted octanol–water partition coefficient (Wildman–Crippen LogP) is 4.72. The van der Waals surface area contributed by atoms with Crippen molar-refractivity contribution in [2.75, 3.05) is 20.3 Å². The van der Waals surface area contributed by atoms with Gasteiger partial charge in [0, 0.05) is 29.3 Å². The van der Waals surface area contributed by atoms with Crippen LogP contribution in [0.25, 0.3) is 0 Å². The van der Waals surface area contributed by atoms with Gasteiger partial charge in [-0.15, -0.1) is 0 Å². The summed E-state index contributed by atoms with van der Waals surface area (Å²) in [6.45, 7) is 6.01. The molecule has 0 aromatic heterocycles. The van der Waals surface area contributed by atoms with Gasteiger partial charge < -0.3 is 24.6 Å². The summed E-state index contributed by atoms with van der Waals surface area (Å²) in [4.78, 5) is 26.7. The Balaban J connectivity index is 1.79. The van der Waals surface area contributed by atoms with E-state index in [1.807, 2.05) is 38.1 Å². The van der Waals surface area contributed by atoms with E-state index in [0.29, 0.717) is 47.6 Å². The molecule has 0 amide bonds. The minimum absolute atomic E-state index is 0.00617. The Morgan fingerprint density at radius 3 is 2.43 bits per heavy atom. The van der Waals surface area contributed by atoms with Crippen molar-refractivity contribution in [2.45, 2.75) is 45.4 Å². The van der Waals surface area contributed by atoms with Crippen molar-refractivity contribution in [1.82, 2.24) is 5.32 Å². The number of aromatic hydroxyl groups is 1. The second-order valence-corrected chi connectivity index (χ2v) is 8.67. The second kappa shape index (κ2) is 10.3. The third kappa shape index (κ3) is 4.76. The number of nitrogens with one attached hydrogen (secondary N) is 1. The van der Waals surface area contributed by atoms with E-state index in [-0.39, 0.29) is 24.1 Å². The molecule has 0 saturated heterocycles. The summed E-state index contributed by atoms with van der Waals surface area (Å²) in [5.74, 6) is -0.0138. The maximum Gasteiger partial charge on any atom is 0.336 e. The molecule has 2 aromatic rings. The van der Waals surface area contributed by atoms with Gasteiger partial charge in [-0.2, -0.15) is 0 Å². The van der Waals surface area contributed by atoms with Crippen LogP contribution in [0.4, 0.5) is 0 Å². The molecule has 2 aliphatic rings. The van der Waals surface area contributed by atoms with Crippen LogP contribution in [0, 0.1) is 0 Å². The molecule has 7 heteroatoms. The lowest BCUT2D eigenvalue weighted by Gasteiger charge is -2.36. The summed E-state index contributed by atoms with van der Waals surface area (Å²) in [5.41, 5.74) is 4.18. The third-order valence-electron chi connectivity index (χ3n) is 6.53. The molecule has 1 heterocycles. The first kappa shape index (κ1) is 24.4. The van der Waals surface area contributed by atoms with Crippen molar-refractivity contribution in [3.63, 3.8) is 0 Å². The molecule has 0 fully saturated rings. The molecule has 0 bridgehead atoms. The Bertz CT molecular complexity index is 1190. The van der Waals surface area contributed by atoms with Gasteiger partial charge in [0.2, 0.25) is 0 Å². The molecule has 7 nitrogen and oxygen atoms in total. The summed E-state index contributed by atoms with van der Waals surface area (Å²) < 4.78 is 16.2. The van der Waals surface area contributed by atoms with Gasteiger partial charge in [0.05, 0.1) is 25.9 Å². The normalized spacial score (nSPS) is 19.7. The number of ketones is 1. The van der Waals surface area contributed by atoms with Crippen molar-refractivity contribution in [1.29, 1.82) is 0 Å². The SMILES string of the molecule is CCOC(=O)C1=C(C)NC2=C(C(=O)C[C@H](c3ccc(OC)cc3)C2)[C@@H]1c1ccc(O)c(OCC)c1. The number of esters is 1. The molecule has 184 valence electrons. The second-order valence-electron chi connectivity index (χ2n) is 8.67. The molecule has 0 saturated carbocycles. The van der Waals surface area contributed by atoms with Gasteiger partial charge >= 0.3 is 5.97 Å². The zero-order chi connectivity index (χ0) is 25.1. The van der Waals surface area contributed by atoms with E-state index in [2.05, 4.69) is 5.32 Å². The minimum Gasteiger partial charge on any atom is -0.504 e. The number of carbonyl (C=O) groups is 2. The predicted molar refractivity (Wildman–Crippen MR) is 131 cm³/mol. The highest BCUT2D eigenvalue weighted by Crippen LogP contribution is 2.47. The maximum absolute atomic E-state index is 13.7. The van der Waals surface area contributed by atoms with E-state index in [1.54, 1.807) is 26.2 Å². The number of benzene rings is 2. The van der Waals surface area contributed by atoms with Gasteiger partial charge in [-0.05, 0) is 68.5 Å². The maximum atomic E-state index is 13.7. The van der Waals surface area contributed by atoms with Gasteiger partial charge in [-0.1, -0.05) is 18.2 Å². The Hall–Kier alpha value is -3.74. The molecule has 1 aliphatic carbocycles. The van der Waals surface area contributed by atoms with Gasteiger partial charge in [0.1, 0.15) is 5.75 Å². The van der Waals surface area contributed by atoms with E-state index in [4.69, 9.17) is 14.2 Å². The number of hydrogen-bond acceptors (Lipinski definition) is 7. The first-order valence-corrected chi connectivity index (χ1v) is 11.9. The zero-order valence-corrected chi connectivity index (χ0v) is 20.5. The summed E-state index contributed by atoms with van der Waals surface area (Å²) in [7, 11) is 1.62. The van der Waals surface area contributed by atoms with Crippen LogP contribution < -0.4 is 14.8 Å². The first-order chi connectivity index (χ1) is 16.9. The molecule has 0 radical (unpaired) electrons. The van der Waals surface area contributed by atoms with Crippen LogP contribution in [-0.2, 0) is 14.3 Å². The van der Waals surface area contributed by atoms with Crippen LogP contribution in [0.15, 0.2) is 65.0 Å². The van der Waals surface area contributed by atoms with Crippen LogP contribution in [0.5, 0.6) is 17.2 Å². The topological polar surface area (TPSA) is 94.1 Å². The number of Topliss-reactive ketones (excluding diaryl/α,β-unsaturated/α-hetero) is 1.